The minimum absolute atomic E-state index is 0.00746. The van der Waals surface area contributed by atoms with Crippen LogP contribution in [0.2, 0.25) is 0 Å². The van der Waals surface area contributed by atoms with Crippen molar-refractivity contribution in [2.45, 2.75) is 17.3 Å². The number of ether oxygens (including phenoxy) is 5. The van der Waals surface area contributed by atoms with Crippen LogP contribution >= 0.6 is 23.1 Å². The number of alkyl halides is 2. The Morgan fingerprint density at radius 1 is 0.892 bits per heavy atom. The normalized spacial score (nSPS) is 11.6. The molecule has 10 nitrogen and oxygen atoms in total. The number of thioether (sulfide) groups is 1. The standard InChI is InChI=1S/C23H29F2N5O5S2/c1-14-20(23(24,25)37-22-28-18(26)13-19(27)29-22)30-21(36-14)15-4-5-16(32-3)17(12-15)35-11-10-34-9-8-33-7-6-31-2/h4-5,12-13H,6-11H2,1-3H3,(H4,26,27,28,29). The number of nitrogens with two attached hydrogens (primary N) is 2. The Hall–Kier alpha value is -2.78. The molecule has 0 atom stereocenters. The van der Waals surface area contributed by atoms with E-state index in [1.54, 1.807) is 32.2 Å². The minimum Gasteiger partial charge on any atom is -0.493 e. The van der Waals surface area contributed by atoms with E-state index in [-0.39, 0.29) is 40.9 Å². The van der Waals surface area contributed by atoms with Crippen molar-refractivity contribution in [1.82, 2.24) is 15.0 Å². The predicted molar refractivity (Wildman–Crippen MR) is 138 cm³/mol. The first-order valence-corrected chi connectivity index (χ1v) is 12.8. The highest BCUT2D eigenvalue weighted by Gasteiger charge is 2.39. The van der Waals surface area contributed by atoms with Crippen LogP contribution in [0.3, 0.4) is 0 Å². The number of anilines is 2. The predicted octanol–water partition coefficient (Wildman–Crippen LogP) is 3.98. The average Bonchev–Trinajstić information content (AvgIpc) is 3.24. The molecule has 3 aromatic rings. The lowest BCUT2D eigenvalue weighted by molar-refractivity contribution is 0.0178. The van der Waals surface area contributed by atoms with Crippen molar-refractivity contribution in [1.29, 1.82) is 0 Å². The summed E-state index contributed by atoms with van der Waals surface area (Å²) in [6.45, 7) is 4.09. The lowest BCUT2D eigenvalue weighted by atomic mass is 10.2. The number of thiazole rings is 1. The van der Waals surface area contributed by atoms with Gasteiger partial charge in [-0.2, -0.15) is 8.78 Å². The maximum Gasteiger partial charge on any atom is 0.344 e. The van der Waals surface area contributed by atoms with Gasteiger partial charge >= 0.3 is 5.25 Å². The molecule has 0 bridgehead atoms. The zero-order valence-corrected chi connectivity index (χ0v) is 22.3. The topological polar surface area (TPSA) is 137 Å². The third kappa shape index (κ3) is 8.36. The summed E-state index contributed by atoms with van der Waals surface area (Å²) in [5.41, 5.74) is 11.4. The Kier molecular flexibility index (Phi) is 10.6. The first-order chi connectivity index (χ1) is 17.7. The molecule has 3 rings (SSSR count). The third-order valence-electron chi connectivity index (χ3n) is 4.74. The average molecular weight is 558 g/mol. The number of hydrogen-bond acceptors (Lipinski definition) is 12. The Bertz CT molecular complexity index is 1150. The minimum atomic E-state index is -3.41. The number of nitrogen functional groups attached to an aromatic ring is 2. The second-order valence-corrected chi connectivity index (χ2v) is 9.76. The summed E-state index contributed by atoms with van der Waals surface area (Å²) in [5, 5.41) is -3.24. The van der Waals surface area contributed by atoms with Crippen LogP contribution < -0.4 is 20.9 Å². The molecule has 0 radical (unpaired) electrons. The molecule has 14 heteroatoms. The van der Waals surface area contributed by atoms with Gasteiger partial charge in [0, 0.05) is 23.6 Å². The van der Waals surface area contributed by atoms with Gasteiger partial charge < -0.3 is 35.2 Å². The summed E-state index contributed by atoms with van der Waals surface area (Å²) in [7, 11) is 3.13. The van der Waals surface area contributed by atoms with Crippen LogP contribution in [0.4, 0.5) is 20.4 Å². The van der Waals surface area contributed by atoms with Crippen LogP contribution in [0.15, 0.2) is 29.4 Å². The number of nitrogens with zero attached hydrogens (tertiary/aromatic N) is 3. The molecule has 2 aromatic heterocycles. The van der Waals surface area contributed by atoms with Gasteiger partial charge in [0.1, 0.15) is 28.9 Å². The monoisotopic (exact) mass is 557 g/mol. The number of aromatic nitrogens is 3. The molecule has 0 saturated heterocycles. The van der Waals surface area contributed by atoms with Crippen LogP contribution in [0.5, 0.6) is 11.5 Å². The van der Waals surface area contributed by atoms with E-state index in [0.29, 0.717) is 60.0 Å². The summed E-state index contributed by atoms with van der Waals surface area (Å²) in [5.74, 6) is 0.956. The summed E-state index contributed by atoms with van der Waals surface area (Å²) < 4.78 is 57.1. The van der Waals surface area contributed by atoms with Crippen molar-refractivity contribution in [3.63, 3.8) is 0 Å². The van der Waals surface area contributed by atoms with E-state index in [2.05, 4.69) is 15.0 Å². The summed E-state index contributed by atoms with van der Waals surface area (Å²) in [4.78, 5) is 12.2. The quantitative estimate of drug-likeness (QED) is 0.159. The van der Waals surface area contributed by atoms with Gasteiger partial charge in [-0.15, -0.1) is 11.3 Å². The highest BCUT2D eigenvalue weighted by molar-refractivity contribution is 7.99. The number of halogens is 2. The molecule has 0 unspecified atom stereocenters. The van der Waals surface area contributed by atoms with E-state index >= 15 is 8.78 Å². The molecule has 0 aliphatic heterocycles. The third-order valence-corrected chi connectivity index (χ3v) is 6.57. The molecule has 1 aromatic carbocycles. The summed E-state index contributed by atoms with van der Waals surface area (Å²) >= 11 is 1.27. The molecule has 37 heavy (non-hydrogen) atoms. The van der Waals surface area contributed by atoms with Gasteiger partial charge in [-0.05, 0) is 36.9 Å². The summed E-state index contributed by atoms with van der Waals surface area (Å²) in [6, 6.07) is 6.42. The fourth-order valence-corrected chi connectivity index (χ4v) is 4.89. The smallest absolute Gasteiger partial charge is 0.344 e. The number of methoxy groups -OCH3 is 2. The number of rotatable bonds is 15. The van der Waals surface area contributed by atoms with Crippen LogP contribution in [-0.2, 0) is 19.5 Å². The second kappa shape index (κ2) is 13.7. The maximum absolute atomic E-state index is 15.1. The molecular formula is C23H29F2N5O5S2. The highest BCUT2D eigenvalue weighted by atomic mass is 32.2. The molecule has 202 valence electrons. The molecule has 2 heterocycles. The molecule has 0 aliphatic rings. The second-order valence-electron chi connectivity index (χ2n) is 7.47. The summed E-state index contributed by atoms with van der Waals surface area (Å²) in [6.07, 6.45) is 0. The first kappa shape index (κ1) is 28.8. The highest BCUT2D eigenvalue weighted by Crippen LogP contribution is 2.46. The molecule has 0 saturated carbocycles. The first-order valence-electron chi connectivity index (χ1n) is 11.1. The van der Waals surface area contributed by atoms with Crippen molar-refractivity contribution < 1.29 is 32.5 Å². The van der Waals surface area contributed by atoms with E-state index in [0.717, 1.165) is 11.3 Å². The Balaban J connectivity index is 1.66. The number of benzene rings is 1. The maximum atomic E-state index is 15.1. The Morgan fingerprint density at radius 2 is 1.54 bits per heavy atom. The van der Waals surface area contributed by atoms with E-state index in [1.165, 1.54) is 13.2 Å². The number of hydrogen-bond donors (Lipinski definition) is 2. The van der Waals surface area contributed by atoms with Gasteiger partial charge in [0.25, 0.3) is 0 Å². The molecule has 0 fully saturated rings. The van der Waals surface area contributed by atoms with Crippen molar-refractivity contribution in [3.05, 3.63) is 34.8 Å². The number of aryl methyl sites for hydroxylation is 1. The zero-order chi connectivity index (χ0) is 26.8. The Labute approximate surface area is 221 Å². The SMILES string of the molecule is COCCOCCOCCOc1cc(-c2nc(C(F)(F)Sc3nc(N)cc(N)n3)c(C)s2)ccc1OC. The van der Waals surface area contributed by atoms with Crippen LogP contribution in [0.1, 0.15) is 10.6 Å². The van der Waals surface area contributed by atoms with Crippen LogP contribution in [0, 0.1) is 6.92 Å². The van der Waals surface area contributed by atoms with Crippen molar-refractivity contribution in [3.8, 4) is 22.1 Å². The van der Waals surface area contributed by atoms with E-state index in [9.17, 15) is 0 Å². The van der Waals surface area contributed by atoms with Gasteiger partial charge in [0.15, 0.2) is 16.7 Å². The molecule has 4 N–H and O–H groups in total. The molecule has 0 spiro atoms. The van der Waals surface area contributed by atoms with Crippen molar-refractivity contribution >= 4 is 34.7 Å². The van der Waals surface area contributed by atoms with Gasteiger partial charge in [-0.3, -0.25) is 0 Å². The van der Waals surface area contributed by atoms with Crippen LogP contribution in [-0.4, -0.2) is 68.8 Å². The van der Waals surface area contributed by atoms with Crippen LogP contribution in [0.25, 0.3) is 10.6 Å². The molecular weight excluding hydrogens is 528 g/mol. The zero-order valence-electron chi connectivity index (χ0n) is 20.7. The molecule has 0 amide bonds. The van der Waals surface area contributed by atoms with Crippen molar-refractivity contribution in [2.24, 2.45) is 0 Å². The Morgan fingerprint density at radius 3 is 2.19 bits per heavy atom. The van der Waals surface area contributed by atoms with E-state index in [4.69, 9.17) is 35.2 Å². The van der Waals surface area contributed by atoms with Gasteiger partial charge in [-0.1, -0.05) is 0 Å². The van der Waals surface area contributed by atoms with E-state index < -0.39 is 5.25 Å². The van der Waals surface area contributed by atoms with Crippen molar-refractivity contribution in [2.75, 3.05) is 65.3 Å². The molecule has 0 aliphatic carbocycles. The van der Waals surface area contributed by atoms with Gasteiger partial charge in [0.05, 0.1) is 40.1 Å². The lowest BCUT2D eigenvalue weighted by Crippen LogP contribution is -2.12. The van der Waals surface area contributed by atoms with Gasteiger partial charge in [-0.25, -0.2) is 15.0 Å². The fourth-order valence-electron chi connectivity index (χ4n) is 3.06. The lowest BCUT2D eigenvalue weighted by Gasteiger charge is -2.14. The van der Waals surface area contributed by atoms with E-state index in [1.807, 2.05) is 0 Å². The van der Waals surface area contributed by atoms with Gasteiger partial charge in [0.2, 0.25) is 0 Å². The fraction of sp³-hybridized carbons (Fsp3) is 0.435. The largest absolute Gasteiger partial charge is 0.493 e.